The van der Waals surface area contributed by atoms with E-state index in [4.69, 9.17) is 14.2 Å². The summed E-state index contributed by atoms with van der Waals surface area (Å²) in [5, 5.41) is 0. The van der Waals surface area contributed by atoms with Gasteiger partial charge in [0.1, 0.15) is 12.4 Å². The first-order valence-corrected chi connectivity index (χ1v) is 15.4. The number of fused-ring (bicyclic) bond motifs is 2. The molecule has 0 heterocycles. The Bertz CT molecular complexity index is 1470. The van der Waals surface area contributed by atoms with Gasteiger partial charge in [-0.05, 0) is 90.7 Å². The molecule has 224 valence electrons. The summed E-state index contributed by atoms with van der Waals surface area (Å²) in [4.78, 5) is 14.5. The van der Waals surface area contributed by atoms with Gasteiger partial charge in [0.25, 0.3) is 0 Å². The van der Waals surface area contributed by atoms with Crippen molar-refractivity contribution in [2.75, 3.05) is 33.9 Å². The van der Waals surface area contributed by atoms with Gasteiger partial charge in [-0.3, -0.25) is 4.90 Å². The van der Waals surface area contributed by atoms with Crippen molar-refractivity contribution in [2.45, 2.75) is 51.2 Å². The fraction of sp³-hybridized carbons (Fsp3) is 0.342. The van der Waals surface area contributed by atoms with Crippen LogP contribution in [0, 0.1) is 0 Å². The maximum Gasteiger partial charge on any atom is 0.335 e. The number of likely N-dealkylation sites (N-methyl/N-ethyl adjacent to an activating group) is 1. The van der Waals surface area contributed by atoms with E-state index in [-0.39, 0.29) is 12.0 Å². The second-order valence-corrected chi connectivity index (χ2v) is 11.3. The summed E-state index contributed by atoms with van der Waals surface area (Å²) in [6, 6.07) is 34.8. The summed E-state index contributed by atoms with van der Waals surface area (Å²) >= 11 is 0. The third kappa shape index (κ3) is 7.92. The van der Waals surface area contributed by atoms with Crippen LogP contribution in [0.3, 0.4) is 0 Å². The van der Waals surface area contributed by atoms with Crippen molar-refractivity contribution in [3.05, 3.63) is 136 Å². The number of esters is 1. The second kappa shape index (κ2) is 15.0. The van der Waals surface area contributed by atoms with Crippen LogP contribution in [-0.4, -0.2) is 50.9 Å². The van der Waals surface area contributed by atoms with E-state index in [2.05, 4.69) is 84.7 Å². The molecule has 0 aromatic heterocycles. The molecule has 5 heteroatoms. The lowest BCUT2D eigenvalue weighted by molar-refractivity contribution is -0.154. The first-order valence-electron chi connectivity index (χ1n) is 15.4. The Morgan fingerprint density at radius 3 is 2.26 bits per heavy atom. The number of rotatable bonds is 13. The zero-order valence-corrected chi connectivity index (χ0v) is 25.6. The summed E-state index contributed by atoms with van der Waals surface area (Å²) in [7, 11) is 3.73. The number of methoxy groups -OCH3 is 1. The summed E-state index contributed by atoms with van der Waals surface area (Å²) < 4.78 is 16.6. The number of hydrogen-bond acceptors (Lipinski definition) is 5. The normalized spacial score (nSPS) is 14.8. The van der Waals surface area contributed by atoms with Gasteiger partial charge in [-0.1, -0.05) is 84.9 Å². The monoisotopic (exact) mass is 577 g/mol. The fourth-order valence-corrected chi connectivity index (χ4v) is 6.04. The minimum atomic E-state index is -0.606. The lowest BCUT2D eigenvalue weighted by atomic mass is 9.91. The smallest absolute Gasteiger partial charge is 0.335 e. The molecule has 2 atom stereocenters. The average molecular weight is 578 g/mol. The zero-order valence-electron chi connectivity index (χ0n) is 25.6. The molecule has 0 N–H and O–H groups in total. The van der Waals surface area contributed by atoms with E-state index in [1.54, 1.807) is 6.92 Å². The van der Waals surface area contributed by atoms with Crippen molar-refractivity contribution in [1.82, 2.24) is 4.90 Å². The van der Waals surface area contributed by atoms with Gasteiger partial charge in [0, 0.05) is 20.1 Å². The molecule has 0 amide bonds. The fourth-order valence-electron chi connectivity index (χ4n) is 6.04. The molecule has 0 saturated heterocycles. The van der Waals surface area contributed by atoms with Gasteiger partial charge >= 0.3 is 5.97 Å². The maximum absolute atomic E-state index is 12.1. The molecule has 2 unspecified atom stereocenters. The molecule has 0 bridgehead atoms. The predicted octanol–water partition coefficient (Wildman–Crippen LogP) is 6.79. The van der Waals surface area contributed by atoms with Crippen LogP contribution in [0.5, 0.6) is 5.75 Å². The van der Waals surface area contributed by atoms with Crippen LogP contribution in [0.25, 0.3) is 0 Å². The molecule has 0 spiro atoms. The molecule has 43 heavy (non-hydrogen) atoms. The second-order valence-electron chi connectivity index (χ2n) is 11.3. The van der Waals surface area contributed by atoms with Gasteiger partial charge < -0.3 is 14.2 Å². The van der Waals surface area contributed by atoms with E-state index in [1.165, 1.54) is 40.5 Å². The Balaban J connectivity index is 1.24. The molecule has 1 aliphatic carbocycles. The van der Waals surface area contributed by atoms with Crippen molar-refractivity contribution in [2.24, 2.45) is 0 Å². The molecule has 5 nitrogen and oxygen atoms in total. The van der Waals surface area contributed by atoms with Crippen LogP contribution in [0.4, 0.5) is 0 Å². The minimum Gasteiger partial charge on any atom is -0.492 e. The Labute approximate surface area is 256 Å². The highest BCUT2D eigenvalue weighted by Gasteiger charge is 2.27. The van der Waals surface area contributed by atoms with Crippen molar-refractivity contribution in [3.8, 4) is 5.75 Å². The topological polar surface area (TPSA) is 48.0 Å². The zero-order chi connectivity index (χ0) is 30.0. The number of hydrogen-bond donors (Lipinski definition) is 0. The van der Waals surface area contributed by atoms with Gasteiger partial charge in [0.05, 0.1) is 12.6 Å². The first kappa shape index (κ1) is 30.5. The Morgan fingerprint density at radius 2 is 1.49 bits per heavy atom. The van der Waals surface area contributed by atoms with Gasteiger partial charge in [-0.15, -0.1) is 0 Å². The summed E-state index contributed by atoms with van der Waals surface area (Å²) in [6.07, 6.45) is 4.07. The quantitative estimate of drug-likeness (QED) is 0.164. The first-order chi connectivity index (χ1) is 21.1. The number of carbonyl (C=O) groups is 1. The Morgan fingerprint density at radius 1 is 0.814 bits per heavy atom. The lowest BCUT2D eigenvalue weighted by Gasteiger charge is -2.30. The van der Waals surface area contributed by atoms with E-state index in [0.717, 1.165) is 43.5 Å². The van der Waals surface area contributed by atoms with Crippen molar-refractivity contribution >= 4 is 5.97 Å². The van der Waals surface area contributed by atoms with E-state index < -0.39 is 6.10 Å². The number of nitrogens with zero attached hydrogens (tertiary/aromatic N) is 1. The molecule has 0 fully saturated rings. The molecule has 4 aromatic carbocycles. The number of carbonyl (C=O) groups excluding carboxylic acids is 1. The van der Waals surface area contributed by atoms with Crippen molar-refractivity contribution < 1.29 is 19.0 Å². The summed E-state index contributed by atoms with van der Waals surface area (Å²) in [5.41, 5.74) is 9.45. The van der Waals surface area contributed by atoms with E-state index in [1.807, 2.05) is 24.3 Å². The van der Waals surface area contributed by atoms with E-state index >= 15 is 0 Å². The highest BCUT2D eigenvalue weighted by Crippen LogP contribution is 2.36. The highest BCUT2D eigenvalue weighted by atomic mass is 16.6. The number of benzene rings is 4. The van der Waals surface area contributed by atoms with Gasteiger partial charge in [0.15, 0.2) is 6.10 Å². The average Bonchev–Trinajstić information content (AvgIpc) is 3.20. The van der Waals surface area contributed by atoms with Crippen molar-refractivity contribution in [3.63, 3.8) is 0 Å². The molecular weight excluding hydrogens is 534 g/mol. The predicted molar refractivity (Wildman–Crippen MR) is 172 cm³/mol. The van der Waals surface area contributed by atoms with E-state index in [9.17, 15) is 4.79 Å². The van der Waals surface area contributed by atoms with Crippen LogP contribution >= 0.6 is 0 Å². The number of ether oxygens (including phenoxy) is 3. The van der Waals surface area contributed by atoms with Gasteiger partial charge in [0.2, 0.25) is 0 Å². The molecule has 0 aliphatic heterocycles. The number of aryl methyl sites for hydroxylation is 4. The SMILES string of the molecule is CCOC(=O)C(Cc1ccc(OCCN(C)C2c3ccccc3CCc3cc(CCc4ccccc4)ccc32)cc1)OC. The van der Waals surface area contributed by atoms with Crippen molar-refractivity contribution in [1.29, 1.82) is 0 Å². The van der Waals surface area contributed by atoms with E-state index in [0.29, 0.717) is 19.6 Å². The lowest BCUT2D eigenvalue weighted by Crippen LogP contribution is -2.30. The Kier molecular flexibility index (Phi) is 10.6. The minimum absolute atomic E-state index is 0.178. The van der Waals surface area contributed by atoms with Crippen LogP contribution in [-0.2, 0) is 46.4 Å². The Hall–Kier alpha value is -3.93. The third-order valence-corrected chi connectivity index (χ3v) is 8.39. The van der Waals surface area contributed by atoms with Crippen LogP contribution in [0.1, 0.15) is 51.9 Å². The molecule has 0 saturated carbocycles. The van der Waals surface area contributed by atoms with Gasteiger partial charge in [-0.2, -0.15) is 0 Å². The molecular formula is C38H43NO4. The highest BCUT2D eigenvalue weighted by molar-refractivity contribution is 5.75. The summed E-state index contributed by atoms with van der Waals surface area (Å²) in [5.74, 6) is 0.477. The molecule has 5 rings (SSSR count). The van der Waals surface area contributed by atoms with Crippen LogP contribution in [0.15, 0.2) is 97.1 Å². The van der Waals surface area contributed by atoms with Crippen LogP contribution in [0.2, 0.25) is 0 Å². The van der Waals surface area contributed by atoms with Crippen LogP contribution < -0.4 is 4.74 Å². The summed E-state index contributed by atoms with van der Waals surface area (Å²) in [6.45, 7) is 3.49. The molecule has 0 radical (unpaired) electrons. The maximum atomic E-state index is 12.1. The van der Waals surface area contributed by atoms with Gasteiger partial charge in [-0.25, -0.2) is 4.79 Å². The standard InChI is InChI=1S/C38H43NO4/c1-4-42-38(40)36(41-3)27-30-16-21-33(22-17-30)43-25-24-39(2)37-34-13-9-8-12-31(34)19-20-32-26-29(18-23-35(32)37)15-14-28-10-6-5-7-11-28/h5-13,16-18,21-23,26,36-37H,4,14-15,19-20,24-25,27H2,1-3H3. The molecule has 4 aromatic rings. The largest absolute Gasteiger partial charge is 0.492 e. The third-order valence-electron chi connectivity index (χ3n) is 8.39. The molecule has 1 aliphatic rings.